The van der Waals surface area contributed by atoms with Crippen LogP contribution in [0.25, 0.3) is 5.69 Å². The lowest BCUT2D eigenvalue weighted by atomic mass is 9.82. The van der Waals surface area contributed by atoms with Crippen LogP contribution in [-0.4, -0.2) is 32.6 Å². The number of carboxylic acids is 1. The lowest BCUT2D eigenvalue weighted by Gasteiger charge is -2.26. The van der Waals surface area contributed by atoms with Crippen molar-refractivity contribution >= 4 is 29.2 Å². The molecule has 2 N–H and O–H groups in total. The van der Waals surface area contributed by atoms with E-state index in [4.69, 9.17) is 23.2 Å². The third-order valence-corrected chi connectivity index (χ3v) is 4.81. The fourth-order valence-electron chi connectivity index (χ4n) is 2.47. The number of benzene rings is 1. The molecule has 1 aromatic heterocycles. The van der Waals surface area contributed by atoms with Crippen LogP contribution in [-0.2, 0) is 11.3 Å². The van der Waals surface area contributed by atoms with Crippen molar-refractivity contribution in [3.8, 4) is 5.69 Å². The van der Waals surface area contributed by atoms with Crippen LogP contribution in [0.3, 0.4) is 0 Å². The van der Waals surface area contributed by atoms with E-state index in [-0.39, 0.29) is 0 Å². The summed E-state index contributed by atoms with van der Waals surface area (Å²) in [5.41, 5.74) is 0.629. The molecular formula is C16H20Cl2N4O2. The predicted octanol–water partition coefficient (Wildman–Crippen LogP) is 3.55. The first-order valence-corrected chi connectivity index (χ1v) is 8.48. The number of halogens is 2. The van der Waals surface area contributed by atoms with E-state index in [0.29, 0.717) is 47.4 Å². The summed E-state index contributed by atoms with van der Waals surface area (Å²) in [7, 11) is 0. The lowest BCUT2D eigenvalue weighted by molar-refractivity contribution is -0.149. The summed E-state index contributed by atoms with van der Waals surface area (Å²) in [5, 5.41) is 21.8. The standard InChI is InChI=1S/C16H20Cl2N4O2/c1-3-16(4-2,15(23)24)10-19-8-12-9-22(21-20-12)14-6-5-11(17)7-13(14)18/h5-7,9,19H,3-4,8,10H2,1-2H3,(H,23,24). The predicted molar refractivity (Wildman–Crippen MR) is 93.7 cm³/mol. The van der Waals surface area contributed by atoms with Gasteiger partial charge in [0, 0.05) is 18.1 Å². The Bertz CT molecular complexity index is 714. The zero-order valence-electron chi connectivity index (χ0n) is 13.6. The molecule has 0 unspecified atom stereocenters. The van der Waals surface area contributed by atoms with Gasteiger partial charge in [-0.15, -0.1) is 5.10 Å². The third kappa shape index (κ3) is 4.06. The molecule has 0 saturated heterocycles. The molecule has 0 spiro atoms. The van der Waals surface area contributed by atoms with Crippen molar-refractivity contribution in [2.75, 3.05) is 6.54 Å². The minimum atomic E-state index is -0.781. The SMILES string of the molecule is CCC(CC)(CNCc1cn(-c2ccc(Cl)cc2Cl)nn1)C(=O)O. The second-order valence-electron chi connectivity index (χ2n) is 5.65. The van der Waals surface area contributed by atoms with E-state index in [1.165, 1.54) is 0 Å². The van der Waals surface area contributed by atoms with E-state index in [1.54, 1.807) is 29.1 Å². The number of nitrogens with zero attached hydrogens (tertiary/aromatic N) is 3. The molecule has 2 rings (SSSR count). The van der Waals surface area contributed by atoms with E-state index in [9.17, 15) is 9.90 Å². The summed E-state index contributed by atoms with van der Waals surface area (Å²) in [6.07, 6.45) is 2.89. The molecule has 24 heavy (non-hydrogen) atoms. The molecule has 0 aliphatic heterocycles. The molecule has 0 fully saturated rings. The average Bonchev–Trinajstić information content (AvgIpc) is 3.00. The number of rotatable bonds is 8. The van der Waals surface area contributed by atoms with Crippen LogP contribution in [0.1, 0.15) is 32.4 Å². The van der Waals surface area contributed by atoms with Crippen LogP contribution in [0.5, 0.6) is 0 Å². The Kier molecular flexibility index (Phi) is 6.21. The van der Waals surface area contributed by atoms with Gasteiger partial charge in [-0.25, -0.2) is 4.68 Å². The van der Waals surface area contributed by atoms with Gasteiger partial charge in [0.1, 0.15) is 0 Å². The molecule has 0 atom stereocenters. The molecule has 8 heteroatoms. The Morgan fingerprint density at radius 1 is 1.33 bits per heavy atom. The quantitative estimate of drug-likeness (QED) is 0.742. The van der Waals surface area contributed by atoms with Gasteiger partial charge in [-0.2, -0.15) is 0 Å². The van der Waals surface area contributed by atoms with Gasteiger partial charge in [0.15, 0.2) is 0 Å². The van der Waals surface area contributed by atoms with E-state index in [0.717, 1.165) is 0 Å². The number of carboxylic acid groups (broad SMARTS) is 1. The Hall–Kier alpha value is -1.63. The van der Waals surface area contributed by atoms with E-state index in [1.807, 2.05) is 13.8 Å². The molecule has 6 nitrogen and oxygen atoms in total. The molecule has 0 bridgehead atoms. The third-order valence-electron chi connectivity index (χ3n) is 4.27. The molecule has 1 aromatic carbocycles. The highest BCUT2D eigenvalue weighted by molar-refractivity contribution is 6.35. The average molecular weight is 371 g/mol. The van der Waals surface area contributed by atoms with Crippen molar-refractivity contribution in [3.63, 3.8) is 0 Å². The zero-order chi connectivity index (χ0) is 17.7. The molecule has 2 aromatic rings. The van der Waals surface area contributed by atoms with Crippen LogP contribution in [0.4, 0.5) is 0 Å². The highest BCUT2D eigenvalue weighted by Gasteiger charge is 2.34. The molecule has 0 radical (unpaired) electrons. The summed E-state index contributed by atoms with van der Waals surface area (Å²) in [6, 6.07) is 5.13. The molecule has 0 aliphatic carbocycles. The summed E-state index contributed by atoms with van der Waals surface area (Å²) in [6.45, 7) is 4.58. The Morgan fingerprint density at radius 2 is 2.04 bits per heavy atom. The first kappa shape index (κ1) is 18.7. The number of carbonyl (C=O) groups is 1. The maximum Gasteiger partial charge on any atom is 0.310 e. The van der Waals surface area contributed by atoms with E-state index >= 15 is 0 Å². The summed E-state index contributed by atoms with van der Waals surface area (Å²) < 4.78 is 1.57. The topological polar surface area (TPSA) is 80.0 Å². The molecule has 0 saturated carbocycles. The first-order chi connectivity index (χ1) is 11.4. The molecule has 0 aliphatic rings. The van der Waals surface area contributed by atoms with Crippen molar-refractivity contribution in [2.24, 2.45) is 5.41 Å². The first-order valence-electron chi connectivity index (χ1n) is 7.72. The van der Waals surface area contributed by atoms with Gasteiger partial charge >= 0.3 is 5.97 Å². The highest BCUT2D eigenvalue weighted by Crippen LogP contribution is 2.26. The minimum Gasteiger partial charge on any atom is -0.481 e. The Labute approximate surface area is 150 Å². The summed E-state index contributed by atoms with van der Waals surface area (Å²) >= 11 is 12.0. The number of aromatic nitrogens is 3. The van der Waals surface area contributed by atoms with Gasteiger partial charge in [0.2, 0.25) is 0 Å². The molecule has 0 amide bonds. The zero-order valence-corrected chi connectivity index (χ0v) is 15.1. The summed E-state index contributed by atoms with van der Waals surface area (Å²) in [5.74, 6) is -0.781. The molecule has 1 heterocycles. The number of nitrogens with one attached hydrogen (secondary N) is 1. The lowest BCUT2D eigenvalue weighted by Crippen LogP contribution is -2.40. The van der Waals surface area contributed by atoms with Gasteiger partial charge in [0.25, 0.3) is 0 Å². The van der Waals surface area contributed by atoms with E-state index < -0.39 is 11.4 Å². The van der Waals surface area contributed by atoms with Gasteiger partial charge < -0.3 is 10.4 Å². The van der Waals surface area contributed by atoms with Crippen LogP contribution in [0.2, 0.25) is 10.0 Å². The van der Waals surface area contributed by atoms with Crippen molar-refractivity contribution in [1.29, 1.82) is 0 Å². The maximum atomic E-state index is 11.5. The monoisotopic (exact) mass is 370 g/mol. The Morgan fingerprint density at radius 3 is 2.62 bits per heavy atom. The maximum absolute atomic E-state index is 11.5. The molecule has 130 valence electrons. The van der Waals surface area contributed by atoms with Gasteiger partial charge in [-0.1, -0.05) is 42.3 Å². The second kappa shape index (κ2) is 7.96. The van der Waals surface area contributed by atoms with Gasteiger partial charge in [0.05, 0.1) is 28.0 Å². The number of aliphatic carboxylic acids is 1. The van der Waals surface area contributed by atoms with Crippen molar-refractivity contribution in [2.45, 2.75) is 33.2 Å². The fourth-order valence-corrected chi connectivity index (χ4v) is 2.97. The number of hydrogen-bond acceptors (Lipinski definition) is 4. The molecular weight excluding hydrogens is 351 g/mol. The van der Waals surface area contributed by atoms with Gasteiger partial charge in [-0.3, -0.25) is 4.79 Å². The Balaban J connectivity index is 2.03. The second-order valence-corrected chi connectivity index (χ2v) is 6.49. The van der Waals surface area contributed by atoms with E-state index in [2.05, 4.69) is 15.6 Å². The van der Waals surface area contributed by atoms with Crippen LogP contribution in [0.15, 0.2) is 24.4 Å². The summed E-state index contributed by atoms with van der Waals surface area (Å²) in [4.78, 5) is 11.5. The highest BCUT2D eigenvalue weighted by atomic mass is 35.5. The smallest absolute Gasteiger partial charge is 0.310 e. The van der Waals surface area contributed by atoms with Gasteiger partial charge in [-0.05, 0) is 31.0 Å². The van der Waals surface area contributed by atoms with Crippen LogP contribution < -0.4 is 5.32 Å². The van der Waals surface area contributed by atoms with Crippen LogP contribution >= 0.6 is 23.2 Å². The van der Waals surface area contributed by atoms with Crippen LogP contribution in [0, 0.1) is 5.41 Å². The number of hydrogen-bond donors (Lipinski definition) is 2. The van der Waals surface area contributed by atoms with Crippen molar-refractivity contribution < 1.29 is 9.90 Å². The minimum absolute atomic E-state index is 0.379. The van der Waals surface area contributed by atoms with Crippen molar-refractivity contribution in [3.05, 3.63) is 40.1 Å². The van der Waals surface area contributed by atoms with Crippen molar-refractivity contribution in [1.82, 2.24) is 20.3 Å². The normalized spacial score (nSPS) is 11.7. The largest absolute Gasteiger partial charge is 0.481 e. The fraction of sp³-hybridized carbons (Fsp3) is 0.438.